The van der Waals surface area contributed by atoms with Gasteiger partial charge in [0.2, 0.25) is 5.91 Å². The molecule has 0 radical (unpaired) electrons. The first-order chi connectivity index (χ1) is 10.7. The largest absolute Gasteiger partial charge is 0.359 e. The highest BCUT2D eigenvalue weighted by Gasteiger charge is 1.98. The van der Waals surface area contributed by atoms with Crippen LogP contribution >= 0.6 is 0 Å². The van der Waals surface area contributed by atoms with Crippen LogP contribution in [-0.4, -0.2) is 13.0 Å². The van der Waals surface area contributed by atoms with Crippen molar-refractivity contribution in [3.05, 3.63) is 0 Å². The molecule has 0 aromatic heterocycles. The van der Waals surface area contributed by atoms with Crippen molar-refractivity contribution < 1.29 is 4.79 Å². The molecule has 0 unspecified atom stereocenters. The molecule has 0 aromatic rings. The maximum absolute atomic E-state index is 11.0. The van der Waals surface area contributed by atoms with Crippen molar-refractivity contribution >= 4 is 5.91 Å². The van der Waals surface area contributed by atoms with Gasteiger partial charge in [-0.15, -0.1) is 0 Å². The van der Waals surface area contributed by atoms with Crippen LogP contribution in [0.4, 0.5) is 0 Å². The maximum Gasteiger partial charge on any atom is 0.219 e. The molecule has 1 N–H and O–H groups in total. The van der Waals surface area contributed by atoms with E-state index >= 15 is 0 Å². The Kier molecular flexibility index (Phi) is 16.4. The van der Waals surface area contributed by atoms with Gasteiger partial charge in [0.1, 0.15) is 0 Å². The number of rotatable bonds is 16. The standard InChI is InChI=1S/C20H41NO/c1-19(2)17-15-13-11-9-7-5-4-6-8-10-12-14-16-18-20(22)21-3/h19H,4-18H2,1-3H3,(H,21,22). The maximum atomic E-state index is 11.0. The van der Waals surface area contributed by atoms with E-state index in [9.17, 15) is 4.79 Å². The zero-order valence-corrected chi connectivity index (χ0v) is 15.6. The first kappa shape index (κ1) is 21.5. The number of hydrogen-bond acceptors (Lipinski definition) is 1. The predicted molar refractivity (Wildman–Crippen MR) is 98.2 cm³/mol. The molecule has 0 aliphatic carbocycles. The van der Waals surface area contributed by atoms with E-state index in [1.54, 1.807) is 7.05 Å². The van der Waals surface area contributed by atoms with Crippen LogP contribution in [0.2, 0.25) is 0 Å². The Morgan fingerprint density at radius 2 is 1.05 bits per heavy atom. The van der Waals surface area contributed by atoms with Crippen molar-refractivity contribution in [3.63, 3.8) is 0 Å². The average molecular weight is 312 g/mol. The van der Waals surface area contributed by atoms with E-state index in [4.69, 9.17) is 0 Å². The second-order valence-electron chi connectivity index (χ2n) is 7.20. The summed E-state index contributed by atoms with van der Waals surface area (Å²) < 4.78 is 0. The van der Waals surface area contributed by atoms with Crippen molar-refractivity contribution in [2.24, 2.45) is 5.92 Å². The molecule has 0 fully saturated rings. The van der Waals surface area contributed by atoms with E-state index in [-0.39, 0.29) is 5.91 Å². The predicted octanol–water partition coefficient (Wildman–Crippen LogP) is 6.24. The van der Waals surface area contributed by atoms with E-state index in [2.05, 4.69) is 19.2 Å². The SMILES string of the molecule is CNC(=O)CCCCCCCCCCCCCCCC(C)C. The molecule has 2 nitrogen and oxygen atoms in total. The first-order valence-corrected chi connectivity index (χ1v) is 9.87. The van der Waals surface area contributed by atoms with Crippen molar-refractivity contribution in [1.29, 1.82) is 0 Å². The van der Waals surface area contributed by atoms with Crippen LogP contribution in [0.1, 0.15) is 110 Å². The number of carbonyl (C=O) groups excluding carboxylic acids is 1. The van der Waals surface area contributed by atoms with Crippen molar-refractivity contribution in [1.82, 2.24) is 5.32 Å². The van der Waals surface area contributed by atoms with Gasteiger partial charge in [-0.1, -0.05) is 97.3 Å². The van der Waals surface area contributed by atoms with E-state index in [1.807, 2.05) is 0 Å². The number of amides is 1. The molecule has 0 aliphatic rings. The second kappa shape index (κ2) is 16.8. The highest BCUT2D eigenvalue weighted by Crippen LogP contribution is 2.14. The second-order valence-corrected chi connectivity index (χ2v) is 7.20. The zero-order valence-electron chi connectivity index (χ0n) is 15.6. The molecule has 0 saturated heterocycles. The third-order valence-corrected chi connectivity index (χ3v) is 4.46. The van der Waals surface area contributed by atoms with Crippen LogP contribution < -0.4 is 5.32 Å². The summed E-state index contributed by atoms with van der Waals surface area (Å²) in [5.41, 5.74) is 0. The summed E-state index contributed by atoms with van der Waals surface area (Å²) >= 11 is 0. The van der Waals surface area contributed by atoms with Gasteiger partial charge in [-0.25, -0.2) is 0 Å². The van der Waals surface area contributed by atoms with E-state index in [0.29, 0.717) is 6.42 Å². The number of nitrogens with one attached hydrogen (secondary N) is 1. The molecule has 0 saturated carbocycles. The van der Waals surface area contributed by atoms with Gasteiger partial charge in [-0.05, 0) is 12.3 Å². The lowest BCUT2D eigenvalue weighted by atomic mass is 10.0. The normalized spacial score (nSPS) is 11.1. The van der Waals surface area contributed by atoms with Gasteiger partial charge < -0.3 is 5.32 Å². The van der Waals surface area contributed by atoms with Gasteiger partial charge in [0, 0.05) is 13.5 Å². The fourth-order valence-corrected chi connectivity index (χ4v) is 2.91. The molecule has 2 heteroatoms. The molecule has 0 bridgehead atoms. The highest BCUT2D eigenvalue weighted by molar-refractivity contribution is 5.75. The molecule has 0 aromatic carbocycles. The molecule has 132 valence electrons. The molecule has 1 amide bonds. The fraction of sp³-hybridized carbons (Fsp3) is 0.950. The Hall–Kier alpha value is -0.530. The molecule has 0 spiro atoms. The average Bonchev–Trinajstić information content (AvgIpc) is 2.50. The fourth-order valence-electron chi connectivity index (χ4n) is 2.91. The van der Waals surface area contributed by atoms with Gasteiger partial charge in [0.25, 0.3) is 0 Å². The summed E-state index contributed by atoms with van der Waals surface area (Å²) in [6.45, 7) is 4.64. The van der Waals surface area contributed by atoms with Crippen LogP contribution in [0.3, 0.4) is 0 Å². The minimum atomic E-state index is 0.184. The Balaban J connectivity index is 3.01. The summed E-state index contributed by atoms with van der Waals surface area (Å²) in [6.07, 6.45) is 19.9. The van der Waals surface area contributed by atoms with E-state index < -0.39 is 0 Å². The molecule has 22 heavy (non-hydrogen) atoms. The zero-order chi connectivity index (χ0) is 16.5. The Morgan fingerprint density at radius 1 is 0.682 bits per heavy atom. The van der Waals surface area contributed by atoms with Crippen LogP contribution in [0.5, 0.6) is 0 Å². The first-order valence-electron chi connectivity index (χ1n) is 9.87. The lowest BCUT2D eigenvalue weighted by Gasteiger charge is -2.05. The summed E-state index contributed by atoms with van der Waals surface area (Å²) in [5, 5.41) is 2.68. The molecule has 0 atom stereocenters. The quantitative estimate of drug-likeness (QED) is 0.336. The topological polar surface area (TPSA) is 29.1 Å². The highest BCUT2D eigenvalue weighted by atomic mass is 16.1. The Labute approximate surface area is 139 Å². The van der Waals surface area contributed by atoms with Crippen LogP contribution in [0, 0.1) is 5.92 Å². The van der Waals surface area contributed by atoms with Crippen LogP contribution in [-0.2, 0) is 4.79 Å². The van der Waals surface area contributed by atoms with Crippen LogP contribution in [0.15, 0.2) is 0 Å². The molecular weight excluding hydrogens is 270 g/mol. The molecular formula is C20H41NO. The summed E-state index contributed by atoms with van der Waals surface area (Å²) in [5.74, 6) is 1.06. The van der Waals surface area contributed by atoms with Gasteiger partial charge in [0.15, 0.2) is 0 Å². The van der Waals surface area contributed by atoms with Gasteiger partial charge in [-0.3, -0.25) is 4.79 Å². The van der Waals surface area contributed by atoms with Crippen molar-refractivity contribution in [3.8, 4) is 0 Å². The number of carbonyl (C=O) groups is 1. The number of unbranched alkanes of at least 4 members (excludes halogenated alkanes) is 12. The number of hydrogen-bond donors (Lipinski definition) is 1. The molecule has 0 heterocycles. The van der Waals surface area contributed by atoms with Crippen LogP contribution in [0.25, 0.3) is 0 Å². The van der Waals surface area contributed by atoms with Crippen molar-refractivity contribution in [2.75, 3.05) is 7.05 Å². The van der Waals surface area contributed by atoms with E-state index in [1.165, 1.54) is 83.5 Å². The third kappa shape index (κ3) is 17.5. The minimum Gasteiger partial charge on any atom is -0.359 e. The third-order valence-electron chi connectivity index (χ3n) is 4.46. The van der Waals surface area contributed by atoms with Gasteiger partial charge >= 0.3 is 0 Å². The summed E-state index contributed by atoms with van der Waals surface area (Å²) in [6, 6.07) is 0. The minimum absolute atomic E-state index is 0.184. The molecule has 0 aliphatic heterocycles. The van der Waals surface area contributed by atoms with Gasteiger partial charge in [-0.2, -0.15) is 0 Å². The van der Waals surface area contributed by atoms with E-state index in [0.717, 1.165) is 12.3 Å². The Morgan fingerprint density at radius 3 is 1.41 bits per heavy atom. The summed E-state index contributed by atoms with van der Waals surface area (Å²) in [4.78, 5) is 11.0. The summed E-state index contributed by atoms with van der Waals surface area (Å²) in [7, 11) is 1.72. The lowest BCUT2D eigenvalue weighted by molar-refractivity contribution is -0.120. The Bertz CT molecular complexity index is 238. The van der Waals surface area contributed by atoms with Gasteiger partial charge in [0.05, 0.1) is 0 Å². The lowest BCUT2D eigenvalue weighted by Crippen LogP contribution is -2.16. The monoisotopic (exact) mass is 311 g/mol. The smallest absolute Gasteiger partial charge is 0.219 e. The van der Waals surface area contributed by atoms with Crippen molar-refractivity contribution in [2.45, 2.75) is 110 Å². The molecule has 0 rings (SSSR count).